The quantitative estimate of drug-likeness (QED) is 0.346. The Morgan fingerprint density at radius 3 is 2.75 bits per heavy atom. The number of esters is 1. The van der Waals surface area contributed by atoms with Gasteiger partial charge in [0, 0.05) is 24.5 Å². The SMILES string of the molecule is CCOC(=O)c1c(C[S+]([O-])Cc2ccco2)n(C)c2cc(Br)c(O)c(CN3CCCC3)c12. The molecule has 1 saturated heterocycles. The Bertz CT molecular complexity index is 1110. The summed E-state index contributed by atoms with van der Waals surface area (Å²) >= 11 is 2.18. The Morgan fingerprint density at radius 2 is 2.09 bits per heavy atom. The van der Waals surface area contributed by atoms with Crippen LogP contribution in [-0.2, 0) is 41.0 Å². The van der Waals surface area contributed by atoms with Crippen molar-refractivity contribution in [2.24, 2.45) is 7.05 Å². The minimum Gasteiger partial charge on any atom is -0.616 e. The Kier molecular flexibility index (Phi) is 7.19. The monoisotopic (exact) mass is 522 g/mol. The summed E-state index contributed by atoms with van der Waals surface area (Å²) < 4.78 is 26.1. The molecule has 0 amide bonds. The van der Waals surface area contributed by atoms with Crippen molar-refractivity contribution in [1.29, 1.82) is 0 Å². The molecule has 32 heavy (non-hydrogen) atoms. The maximum atomic E-state index is 13.1. The minimum absolute atomic E-state index is 0.129. The Balaban J connectivity index is 1.83. The minimum atomic E-state index is -1.30. The van der Waals surface area contributed by atoms with E-state index in [1.165, 1.54) is 0 Å². The third-order valence-corrected chi connectivity index (χ3v) is 7.69. The molecular weight excluding hydrogens is 496 g/mol. The van der Waals surface area contributed by atoms with E-state index in [1.807, 2.05) is 11.6 Å². The Hall–Kier alpha value is -1.94. The summed E-state index contributed by atoms with van der Waals surface area (Å²) in [5, 5.41) is 11.6. The Morgan fingerprint density at radius 1 is 1.34 bits per heavy atom. The van der Waals surface area contributed by atoms with Gasteiger partial charge in [-0.1, -0.05) is 0 Å². The van der Waals surface area contributed by atoms with Crippen molar-refractivity contribution < 1.29 is 23.6 Å². The number of likely N-dealkylation sites (tertiary alicyclic amines) is 1. The molecule has 0 radical (unpaired) electrons. The molecule has 0 saturated carbocycles. The number of ether oxygens (including phenoxy) is 1. The molecule has 1 aromatic carbocycles. The number of furan rings is 1. The lowest BCUT2D eigenvalue weighted by molar-refractivity contribution is 0.0527. The van der Waals surface area contributed by atoms with E-state index in [4.69, 9.17) is 9.15 Å². The molecule has 0 spiro atoms. The van der Waals surface area contributed by atoms with Crippen molar-refractivity contribution in [3.63, 3.8) is 0 Å². The second kappa shape index (κ2) is 9.91. The summed E-state index contributed by atoms with van der Waals surface area (Å²) in [6.07, 6.45) is 3.79. The summed E-state index contributed by atoms with van der Waals surface area (Å²) in [5.41, 5.74) is 2.49. The average Bonchev–Trinajstić information content (AvgIpc) is 3.50. The highest BCUT2D eigenvalue weighted by Gasteiger charge is 2.30. The molecule has 9 heteroatoms. The molecule has 0 aliphatic carbocycles. The molecule has 1 atom stereocenters. The zero-order chi connectivity index (χ0) is 22.8. The number of phenolic OH excluding ortho intramolecular Hbond substituents is 1. The van der Waals surface area contributed by atoms with Gasteiger partial charge in [0.1, 0.15) is 11.5 Å². The van der Waals surface area contributed by atoms with Crippen LogP contribution in [0.3, 0.4) is 0 Å². The van der Waals surface area contributed by atoms with Crippen LogP contribution in [0.4, 0.5) is 0 Å². The van der Waals surface area contributed by atoms with Crippen molar-refractivity contribution >= 4 is 44.0 Å². The number of benzene rings is 1. The molecule has 7 nitrogen and oxygen atoms in total. The zero-order valence-electron chi connectivity index (χ0n) is 18.2. The van der Waals surface area contributed by atoms with Crippen LogP contribution in [0.1, 0.15) is 47.1 Å². The van der Waals surface area contributed by atoms with Gasteiger partial charge in [-0.05, 0) is 78.2 Å². The van der Waals surface area contributed by atoms with Crippen LogP contribution in [0, 0.1) is 0 Å². The first-order valence-electron chi connectivity index (χ1n) is 10.7. The van der Waals surface area contributed by atoms with Gasteiger partial charge in [-0.2, -0.15) is 0 Å². The van der Waals surface area contributed by atoms with Crippen LogP contribution >= 0.6 is 15.9 Å². The van der Waals surface area contributed by atoms with E-state index in [-0.39, 0.29) is 23.9 Å². The van der Waals surface area contributed by atoms with Gasteiger partial charge < -0.3 is 23.4 Å². The summed E-state index contributed by atoms with van der Waals surface area (Å²) in [5.74, 6) is 0.722. The summed E-state index contributed by atoms with van der Waals surface area (Å²) in [6, 6.07) is 5.35. The van der Waals surface area contributed by atoms with Crippen LogP contribution in [0.25, 0.3) is 10.9 Å². The molecular formula is C23H27BrN2O5S. The summed E-state index contributed by atoms with van der Waals surface area (Å²) in [4.78, 5) is 15.4. The number of aromatic hydroxyl groups is 1. The molecule has 3 heterocycles. The number of phenols is 1. The highest BCUT2D eigenvalue weighted by Crippen LogP contribution is 2.40. The molecule has 1 unspecified atom stereocenters. The van der Waals surface area contributed by atoms with Gasteiger partial charge in [-0.25, -0.2) is 4.79 Å². The predicted molar refractivity (Wildman–Crippen MR) is 127 cm³/mol. The number of carbonyl (C=O) groups is 1. The number of aryl methyl sites for hydroxylation is 1. The van der Waals surface area contributed by atoms with E-state index in [0.717, 1.165) is 31.4 Å². The van der Waals surface area contributed by atoms with E-state index in [2.05, 4.69) is 20.8 Å². The number of hydrogen-bond acceptors (Lipinski definition) is 6. The van der Waals surface area contributed by atoms with Gasteiger partial charge in [0.05, 0.1) is 34.1 Å². The van der Waals surface area contributed by atoms with Gasteiger partial charge in [-0.3, -0.25) is 4.90 Å². The first-order chi connectivity index (χ1) is 15.4. The van der Waals surface area contributed by atoms with Crippen molar-refractivity contribution in [3.05, 3.63) is 51.5 Å². The molecule has 172 valence electrons. The number of aromatic nitrogens is 1. The third kappa shape index (κ3) is 4.57. The normalized spacial score (nSPS) is 15.5. The second-order valence-corrected chi connectivity index (χ2v) is 10.3. The maximum absolute atomic E-state index is 13.1. The number of rotatable bonds is 8. The third-order valence-electron chi connectivity index (χ3n) is 5.88. The molecule has 4 rings (SSSR count). The van der Waals surface area contributed by atoms with Crippen molar-refractivity contribution in [2.75, 3.05) is 19.7 Å². The standard InChI is InChI=1S/C23H27BrN2O5S/c1-3-30-23(28)21-19(14-32(29)13-15-7-6-10-31-15)25(2)18-11-17(24)22(27)16(20(18)21)12-26-8-4-5-9-26/h6-7,10-11,27H,3-5,8-9,12-14H2,1-2H3. The lowest BCUT2D eigenvalue weighted by atomic mass is 10.0. The molecule has 1 aliphatic heterocycles. The summed E-state index contributed by atoms with van der Waals surface area (Å²) in [6.45, 7) is 4.43. The van der Waals surface area contributed by atoms with Crippen LogP contribution in [0.2, 0.25) is 0 Å². The predicted octanol–water partition coefficient (Wildman–Crippen LogP) is 4.46. The fourth-order valence-corrected chi connectivity index (χ4v) is 6.03. The maximum Gasteiger partial charge on any atom is 0.340 e. The van der Waals surface area contributed by atoms with Crippen LogP contribution in [0.15, 0.2) is 33.4 Å². The number of carbonyl (C=O) groups excluding carboxylic acids is 1. The van der Waals surface area contributed by atoms with Gasteiger partial charge in [0.25, 0.3) is 0 Å². The number of fused-ring (bicyclic) bond motifs is 1. The Labute approximate surface area is 198 Å². The molecule has 2 aromatic heterocycles. The highest BCUT2D eigenvalue weighted by molar-refractivity contribution is 9.10. The van der Waals surface area contributed by atoms with Crippen LogP contribution in [-0.4, -0.2) is 44.8 Å². The molecule has 3 aromatic rings. The van der Waals surface area contributed by atoms with Crippen molar-refractivity contribution in [2.45, 2.75) is 37.8 Å². The van der Waals surface area contributed by atoms with E-state index in [9.17, 15) is 14.5 Å². The van der Waals surface area contributed by atoms with E-state index in [1.54, 1.807) is 31.4 Å². The van der Waals surface area contributed by atoms with Crippen LogP contribution < -0.4 is 0 Å². The highest BCUT2D eigenvalue weighted by atomic mass is 79.9. The van der Waals surface area contributed by atoms with Gasteiger partial charge >= 0.3 is 5.97 Å². The van der Waals surface area contributed by atoms with Gasteiger partial charge in [0.15, 0.2) is 11.5 Å². The fraction of sp³-hybridized carbons (Fsp3) is 0.435. The lowest BCUT2D eigenvalue weighted by Crippen LogP contribution is -2.19. The number of hydrogen-bond donors (Lipinski definition) is 1. The molecule has 1 N–H and O–H groups in total. The van der Waals surface area contributed by atoms with Crippen LogP contribution in [0.5, 0.6) is 5.75 Å². The fourth-order valence-electron chi connectivity index (χ4n) is 4.35. The lowest BCUT2D eigenvalue weighted by Gasteiger charge is -2.18. The van der Waals surface area contributed by atoms with E-state index in [0.29, 0.717) is 39.0 Å². The zero-order valence-corrected chi connectivity index (χ0v) is 20.6. The number of nitrogens with zero attached hydrogens (tertiary/aromatic N) is 2. The molecule has 0 bridgehead atoms. The largest absolute Gasteiger partial charge is 0.616 e. The first kappa shape index (κ1) is 23.2. The second-order valence-electron chi connectivity index (χ2n) is 7.97. The van der Waals surface area contributed by atoms with Gasteiger partial charge in [-0.15, -0.1) is 0 Å². The van der Waals surface area contributed by atoms with Crippen molar-refractivity contribution in [1.82, 2.24) is 9.47 Å². The van der Waals surface area contributed by atoms with Gasteiger partial charge in [0.2, 0.25) is 0 Å². The average molecular weight is 523 g/mol. The number of halogens is 1. The smallest absolute Gasteiger partial charge is 0.340 e. The van der Waals surface area contributed by atoms with E-state index < -0.39 is 17.1 Å². The first-order valence-corrected chi connectivity index (χ1v) is 13.0. The van der Waals surface area contributed by atoms with Crippen molar-refractivity contribution in [3.8, 4) is 5.75 Å². The molecule has 1 fully saturated rings. The topological polar surface area (TPSA) is 90.9 Å². The van der Waals surface area contributed by atoms with E-state index >= 15 is 0 Å². The summed E-state index contributed by atoms with van der Waals surface area (Å²) in [7, 11) is 1.85. The molecule has 1 aliphatic rings.